The zero-order valence-corrected chi connectivity index (χ0v) is 36.1. The summed E-state index contributed by atoms with van der Waals surface area (Å²) in [4.78, 5) is 31.0. The maximum atomic E-state index is 15.0. The summed E-state index contributed by atoms with van der Waals surface area (Å²) in [6.45, 7) is 14.0. The SMILES string of the molecule is CC(C)c1ccc(N2C(=S)N(c3ccc(C#N)c(C(F)(F)F)c3)C(=O)C2(C)C)cc1.CC(C)c1ccc(N2C(=S)N(c3ccc(C#N)c(C(F)(F)F)c3F)C(=O)C2(C)C)cc1F. The number of nitrogens with zero attached hydrogens (tertiary/aromatic N) is 6. The van der Waals surface area contributed by atoms with Crippen molar-refractivity contribution in [3.8, 4) is 12.1 Å². The predicted octanol–water partition coefficient (Wildman–Crippen LogP) is 11.5. The molecule has 6 rings (SSSR count). The van der Waals surface area contributed by atoms with Crippen molar-refractivity contribution in [2.75, 3.05) is 19.6 Å². The van der Waals surface area contributed by atoms with Crippen LogP contribution in [0.4, 0.5) is 57.9 Å². The minimum atomic E-state index is -5.17. The number of thiocarbonyl (C=S) groups is 2. The van der Waals surface area contributed by atoms with Gasteiger partial charge in [-0.15, -0.1) is 0 Å². The first-order valence-electron chi connectivity index (χ1n) is 18.8. The van der Waals surface area contributed by atoms with Gasteiger partial charge in [0.15, 0.2) is 16.0 Å². The molecule has 2 saturated heterocycles. The van der Waals surface area contributed by atoms with Crippen molar-refractivity contribution in [2.45, 2.75) is 90.7 Å². The normalized spacial score (nSPS) is 16.3. The van der Waals surface area contributed by atoms with Gasteiger partial charge in [-0.25, -0.2) is 8.78 Å². The van der Waals surface area contributed by atoms with Gasteiger partial charge in [-0.1, -0.05) is 45.9 Å². The maximum Gasteiger partial charge on any atom is 0.420 e. The Bertz CT molecular complexity index is 2570. The van der Waals surface area contributed by atoms with Gasteiger partial charge in [-0.05, 0) is 130 Å². The summed E-state index contributed by atoms with van der Waals surface area (Å²) in [5.74, 6) is -3.34. The van der Waals surface area contributed by atoms with E-state index in [-0.39, 0.29) is 27.5 Å². The molecule has 0 saturated carbocycles. The number of hydrogen-bond donors (Lipinski definition) is 0. The van der Waals surface area contributed by atoms with E-state index in [0.29, 0.717) is 22.1 Å². The lowest BCUT2D eigenvalue weighted by Gasteiger charge is -2.29. The van der Waals surface area contributed by atoms with Gasteiger partial charge in [0.05, 0.1) is 40.2 Å². The van der Waals surface area contributed by atoms with Crippen LogP contribution in [0.15, 0.2) is 72.8 Å². The van der Waals surface area contributed by atoms with Crippen LogP contribution in [-0.2, 0) is 21.9 Å². The molecule has 2 aliphatic heterocycles. The number of hydrogen-bond acceptors (Lipinski definition) is 6. The average Bonchev–Trinajstić information content (AvgIpc) is 3.47. The second kappa shape index (κ2) is 16.7. The number of benzene rings is 4. The van der Waals surface area contributed by atoms with Crippen molar-refractivity contribution in [3.63, 3.8) is 0 Å². The fourth-order valence-electron chi connectivity index (χ4n) is 7.14. The summed E-state index contributed by atoms with van der Waals surface area (Å²) in [5.41, 5.74) is -5.18. The zero-order chi connectivity index (χ0) is 46.6. The van der Waals surface area contributed by atoms with Crippen LogP contribution in [0, 0.1) is 34.3 Å². The molecule has 0 radical (unpaired) electrons. The average molecular weight is 899 g/mol. The second-order valence-corrected chi connectivity index (χ2v) is 16.7. The second-order valence-electron chi connectivity index (χ2n) is 16.0. The smallest absolute Gasteiger partial charge is 0.304 e. The number of anilines is 4. The molecule has 0 N–H and O–H groups in total. The highest BCUT2D eigenvalue weighted by molar-refractivity contribution is 7.81. The molecule has 0 unspecified atom stereocenters. The third kappa shape index (κ3) is 8.33. The molecule has 2 heterocycles. The van der Waals surface area contributed by atoms with Crippen LogP contribution in [-0.4, -0.2) is 33.1 Å². The van der Waals surface area contributed by atoms with Crippen molar-refractivity contribution in [3.05, 3.63) is 118 Å². The van der Waals surface area contributed by atoms with Crippen LogP contribution in [0.3, 0.4) is 0 Å². The molecule has 0 bridgehead atoms. The molecule has 18 heteroatoms. The van der Waals surface area contributed by atoms with E-state index in [0.717, 1.165) is 34.7 Å². The topological polar surface area (TPSA) is 94.7 Å². The molecule has 0 aliphatic carbocycles. The number of alkyl halides is 6. The Labute approximate surface area is 363 Å². The minimum absolute atomic E-state index is 0.0225. The molecular weight excluding hydrogens is 861 g/mol. The Morgan fingerprint density at radius 1 is 0.613 bits per heavy atom. The molecule has 62 heavy (non-hydrogen) atoms. The molecule has 0 aromatic heterocycles. The van der Waals surface area contributed by atoms with E-state index in [9.17, 15) is 44.7 Å². The number of amides is 2. The lowest BCUT2D eigenvalue weighted by atomic mass is 9.99. The van der Waals surface area contributed by atoms with Gasteiger partial charge in [-0.3, -0.25) is 19.4 Å². The standard InChI is InChI=1S/C22H18F5N3OS.C22H20F3N3OS/c1-11(2)14-7-6-13(9-15(14)23)30-20(32)29(19(31)21(30,3)4)16-8-5-12(10-28)17(18(16)24)22(25,26)27;1-13(2)14-5-8-16(9-6-14)28-20(30)27(19(29)21(28,3)4)17-10-7-15(12-26)18(11-17)22(23,24)25/h5-9,11H,1-4H3;5-11,13H,1-4H3. The fourth-order valence-corrected chi connectivity index (χ4v) is 8.18. The van der Waals surface area contributed by atoms with Crippen molar-refractivity contribution in [1.29, 1.82) is 10.5 Å². The van der Waals surface area contributed by atoms with Crippen molar-refractivity contribution >= 4 is 69.2 Å². The Kier molecular flexibility index (Phi) is 12.7. The fraction of sp³-hybridized carbons (Fsp3) is 0.318. The molecule has 8 nitrogen and oxygen atoms in total. The highest BCUT2D eigenvalue weighted by atomic mass is 32.1. The van der Waals surface area contributed by atoms with Crippen LogP contribution in [0.1, 0.15) is 101 Å². The molecule has 324 valence electrons. The maximum absolute atomic E-state index is 15.0. The number of rotatable bonds is 6. The van der Waals surface area contributed by atoms with E-state index in [4.69, 9.17) is 35.0 Å². The molecule has 4 aromatic rings. The Hall–Kier alpha value is -5.98. The van der Waals surface area contributed by atoms with E-state index in [1.807, 2.05) is 24.3 Å². The lowest BCUT2D eigenvalue weighted by Crippen LogP contribution is -2.44. The van der Waals surface area contributed by atoms with Crippen LogP contribution < -0.4 is 19.6 Å². The van der Waals surface area contributed by atoms with Crippen LogP contribution in [0.5, 0.6) is 0 Å². The van der Waals surface area contributed by atoms with Gasteiger partial charge in [0.1, 0.15) is 22.5 Å². The summed E-state index contributed by atoms with van der Waals surface area (Å²) >= 11 is 10.9. The first kappa shape index (κ1) is 47.1. The van der Waals surface area contributed by atoms with Crippen LogP contribution in [0.25, 0.3) is 0 Å². The Morgan fingerprint density at radius 2 is 1.10 bits per heavy atom. The quantitative estimate of drug-likeness (QED) is 0.140. The van der Waals surface area contributed by atoms with Gasteiger partial charge in [-0.2, -0.15) is 36.9 Å². The van der Waals surface area contributed by atoms with Crippen molar-refractivity contribution in [2.24, 2.45) is 0 Å². The third-order valence-corrected chi connectivity index (χ3v) is 11.2. The summed E-state index contributed by atoms with van der Waals surface area (Å²) in [7, 11) is 0. The highest BCUT2D eigenvalue weighted by Crippen LogP contribution is 2.43. The Balaban J connectivity index is 0.000000235. The predicted molar refractivity (Wildman–Crippen MR) is 227 cm³/mol. The van der Waals surface area contributed by atoms with E-state index in [1.54, 1.807) is 44.7 Å². The third-order valence-electron chi connectivity index (χ3n) is 10.5. The van der Waals surface area contributed by atoms with Gasteiger partial charge >= 0.3 is 12.4 Å². The minimum Gasteiger partial charge on any atom is -0.304 e. The largest absolute Gasteiger partial charge is 0.420 e. The van der Waals surface area contributed by atoms with Gasteiger partial charge < -0.3 is 9.80 Å². The summed E-state index contributed by atoms with van der Waals surface area (Å²) in [5, 5.41) is 17.7. The van der Waals surface area contributed by atoms with E-state index in [2.05, 4.69) is 13.8 Å². The van der Waals surface area contributed by atoms with Gasteiger partial charge in [0.25, 0.3) is 11.8 Å². The molecule has 2 fully saturated rings. The van der Waals surface area contributed by atoms with E-state index < -0.39 is 74.8 Å². The molecule has 0 spiro atoms. The van der Waals surface area contributed by atoms with Gasteiger partial charge in [0, 0.05) is 11.4 Å². The summed E-state index contributed by atoms with van der Waals surface area (Å²) in [6, 6.07) is 19.5. The summed E-state index contributed by atoms with van der Waals surface area (Å²) in [6.07, 6.45) is -9.89. The van der Waals surface area contributed by atoms with Gasteiger partial charge in [0.2, 0.25) is 0 Å². The zero-order valence-electron chi connectivity index (χ0n) is 34.4. The van der Waals surface area contributed by atoms with E-state index in [1.165, 1.54) is 43.0 Å². The molecular formula is C44H38F8N6O2S2. The first-order chi connectivity index (χ1) is 28.6. The first-order valence-corrected chi connectivity index (χ1v) is 19.6. The Morgan fingerprint density at radius 3 is 1.58 bits per heavy atom. The number of carbonyl (C=O) groups is 2. The molecule has 4 aromatic carbocycles. The lowest BCUT2D eigenvalue weighted by molar-refractivity contribution is -0.140. The number of halogens is 8. The molecule has 2 amide bonds. The van der Waals surface area contributed by atoms with Crippen LogP contribution in [0.2, 0.25) is 0 Å². The van der Waals surface area contributed by atoms with E-state index >= 15 is 0 Å². The van der Waals surface area contributed by atoms with Crippen molar-refractivity contribution < 1.29 is 44.7 Å². The van der Waals surface area contributed by atoms with Crippen LogP contribution >= 0.6 is 24.4 Å². The molecule has 2 aliphatic rings. The molecule has 0 atom stereocenters. The summed E-state index contributed by atoms with van der Waals surface area (Å²) < 4.78 is 110. The monoisotopic (exact) mass is 898 g/mol. The highest BCUT2D eigenvalue weighted by Gasteiger charge is 2.53. The number of carbonyl (C=O) groups excluding carboxylic acids is 2. The van der Waals surface area contributed by atoms with Crippen molar-refractivity contribution in [1.82, 2.24) is 0 Å². The number of nitriles is 2.